The molecule has 0 bridgehead atoms. The molecule has 17 heavy (non-hydrogen) atoms. The third kappa shape index (κ3) is 3.94. The minimum absolute atomic E-state index is 0.344. The number of aliphatic hydroxyl groups is 1. The molecule has 2 aliphatic rings. The number of hydrogen-bond acceptors (Lipinski definition) is 3. The van der Waals surface area contributed by atoms with Gasteiger partial charge >= 0.3 is 0 Å². The van der Waals surface area contributed by atoms with Gasteiger partial charge in [0.2, 0.25) is 0 Å². The highest BCUT2D eigenvalue weighted by atomic mass is 16.3. The van der Waals surface area contributed by atoms with Gasteiger partial charge in [-0.3, -0.25) is 4.90 Å². The van der Waals surface area contributed by atoms with Gasteiger partial charge in [0.05, 0.1) is 6.61 Å². The van der Waals surface area contributed by atoms with Crippen LogP contribution in [0.5, 0.6) is 0 Å². The number of aliphatic hydroxyl groups excluding tert-OH is 1. The Balaban J connectivity index is 1.69. The molecule has 0 spiro atoms. The van der Waals surface area contributed by atoms with Crippen LogP contribution in [0.1, 0.15) is 39.0 Å². The van der Waals surface area contributed by atoms with E-state index in [0.717, 1.165) is 12.5 Å². The van der Waals surface area contributed by atoms with Gasteiger partial charge in [-0.2, -0.15) is 0 Å². The Kier molecular flexibility index (Phi) is 5.26. The third-order valence-corrected chi connectivity index (χ3v) is 4.54. The molecule has 3 nitrogen and oxygen atoms in total. The Morgan fingerprint density at radius 1 is 1.00 bits per heavy atom. The van der Waals surface area contributed by atoms with Crippen LogP contribution >= 0.6 is 0 Å². The lowest BCUT2D eigenvalue weighted by atomic mass is 9.99. The zero-order valence-electron chi connectivity index (χ0n) is 11.3. The number of rotatable bonds is 4. The SMILES string of the molecule is CC1CCN(CCN2CCCCC2CO)CC1. The fourth-order valence-corrected chi connectivity index (χ4v) is 3.12. The summed E-state index contributed by atoms with van der Waals surface area (Å²) in [5.41, 5.74) is 0. The van der Waals surface area contributed by atoms with E-state index in [9.17, 15) is 5.11 Å². The van der Waals surface area contributed by atoms with Crippen molar-refractivity contribution < 1.29 is 5.11 Å². The first-order chi connectivity index (χ1) is 8.29. The molecule has 100 valence electrons. The fourth-order valence-electron chi connectivity index (χ4n) is 3.12. The second-order valence-electron chi connectivity index (χ2n) is 5.89. The lowest BCUT2D eigenvalue weighted by molar-refractivity contribution is 0.0738. The minimum atomic E-state index is 0.344. The molecule has 0 aliphatic carbocycles. The van der Waals surface area contributed by atoms with Crippen molar-refractivity contribution in [1.29, 1.82) is 0 Å². The molecule has 2 rings (SSSR count). The summed E-state index contributed by atoms with van der Waals surface area (Å²) in [5, 5.41) is 9.38. The Hall–Kier alpha value is -0.120. The number of likely N-dealkylation sites (tertiary alicyclic amines) is 2. The molecule has 2 aliphatic heterocycles. The minimum Gasteiger partial charge on any atom is -0.395 e. The van der Waals surface area contributed by atoms with Crippen LogP contribution in [0.3, 0.4) is 0 Å². The maximum Gasteiger partial charge on any atom is 0.0586 e. The molecular formula is C14H28N2O. The molecule has 0 aromatic carbocycles. The predicted molar refractivity (Wildman–Crippen MR) is 71.1 cm³/mol. The summed E-state index contributed by atoms with van der Waals surface area (Å²) in [6.45, 7) is 8.80. The topological polar surface area (TPSA) is 26.7 Å². The van der Waals surface area contributed by atoms with Crippen LogP contribution < -0.4 is 0 Å². The van der Waals surface area contributed by atoms with Crippen LogP contribution in [0, 0.1) is 5.92 Å². The Bertz CT molecular complexity index is 214. The van der Waals surface area contributed by atoms with Crippen LogP contribution in [0.4, 0.5) is 0 Å². The number of nitrogens with zero attached hydrogens (tertiary/aromatic N) is 2. The van der Waals surface area contributed by atoms with Gasteiger partial charge < -0.3 is 10.0 Å². The van der Waals surface area contributed by atoms with Gasteiger partial charge in [-0.05, 0) is 51.2 Å². The summed E-state index contributed by atoms with van der Waals surface area (Å²) in [6.07, 6.45) is 6.52. The molecule has 0 amide bonds. The van der Waals surface area contributed by atoms with E-state index >= 15 is 0 Å². The highest BCUT2D eigenvalue weighted by molar-refractivity contribution is 4.78. The van der Waals surface area contributed by atoms with Gasteiger partial charge in [0.25, 0.3) is 0 Å². The van der Waals surface area contributed by atoms with Crippen molar-refractivity contribution in [2.24, 2.45) is 5.92 Å². The number of piperidine rings is 2. The molecule has 2 heterocycles. The van der Waals surface area contributed by atoms with Crippen molar-refractivity contribution in [1.82, 2.24) is 9.80 Å². The largest absolute Gasteiger partial charge is 0.395 e. The first-order valence-electron chi connectivity index (χ1n) is 7.37. The molecule has 1 unspecified atom stereocenters. The van der Waals surface area contributed by atoms with Gasteiger partial charge in [-0.25, -0.2) is 0 Å². The van der Waals surface area contributed by atoms with Gasteiger partial charge in [-0.15, -0.1) is 0 Å². The first-order valence-corrected chi connectivity index (χ1v) is 7.37. The van der Waals surface area contributed by atoms with Gasteiger partial charge in [-0.1, -0.05) is 13.3 Å². The predicted octanol–water partition coefficient (Wildman–Crippen LogP) is 1.57. The second kappa shape index (κ2) is 6.72. The van der Waals surface area contributed by atoms with Crippen molar-refractivity contribution in [3.8, 4) is 0 Å². The standard InChI is InChI=1S/C14H28N2O/c1-13-5-8-15(9-6-13)10-11-16-7-3-2-4-14(16)12-17/h13-14,17H,2-12H2,1H3. The van der Waals surface area contributed by atoms with Crippen molar-refractivity contribution in [2.45, 2.75) is 45.1 Å². The van der Waals surface area contributed by atoms with Crippen LogP contribution in [0.25, 0.3) is 0 Å². The van der Waals surface area contributed by atoms with Crippen molar-refractivity contribution in [3.05, 3.63) is 0 Å². The zero-order chi connectivity index (χ0) is 12.1. The van der Waals surface area contributed by atoms with E-state index < -0.39 is 0 Å². The van der Waals surface area contributed by atoms with Crippen LogP contribution in [-0.2, 0) is 0 Å². The molecule has 1 N–H and O–H groups in total. The molecular weight excluding hydrogens is 212 g/mol. The average Bonchev–Trinajstić information content (AvgIpc) is 2.38. The summed E-state index contributed by atoms with van der Waals surface area (Å²) >= 11 is 0. The van der Waals surface area contributed by atoms with Crippen LogP contribution in [0.15, 0.2) is 0 Å². The summed E-state index contributed by atoms with van der Waals surface area (Å²) in [4.78, 5) is 5.10. The smallest absolute Gasteiger partial charge is 0.0586 e. The molecule has 0 aromatic heterocycles. The lowest BCUT2D eigenvalue weighted by Crippen LogP contribution is -2.46. The van der Waals surface area contributed by atoms with Crippen LogP contribution in [-0.4, -0.2) is 60.3 Å². The average molecular weight is 240 g/mol. The summed E-state index contributed by atoms with van der Waals surface area (Å²) in [7, 11) is 0. The van der Waals surface area contributed by atoms with E-state index in [0.29, 0.717) is 12.6 Å². The van der Waals surface area contributed by atoms with Gasteiger partial charge in [0, 0.05) is 19.1 Å². The van der Waals surface area contributed by atoms with E-state index in [2.05, 4.69) is 16.7 Å². The summed E-state index contributed by atoms with van der Waals surface area (Å²) in [6, 6.07) is 0.437. The second-order valence-corrected chi connectivity index (χ2v) is 5.89. The van der Waals surface area contributed by atoms with Crippen molar-refractivity contribution in [2.75, 3.05) is 39.3 Å². The van der Waals surface area contributed by atoms with E-state index in [1.165, 1.54) is 58.3 Å². The summed E-state index contributed by atoms with van der Waals surface area (Å²) < 4.78 is 0. The molecule has 0 saturated carbocycles. The lowest BCUT2D eigenvalue weighted by Gasteiger charge is -2.37. The molecule has 0 radical (unpaired) electrons. The van der Waals surface area contributed by atoms with E-state index in [1.807, 2.05) is 0 Å². The van der Waals surface area contributed by atoms with E-state index in [-0.39, 0.29) is 0 Å². The van der Waals surface area contributed by atoms with Gasteiger partial charge in [0.15, 0.2) is 0 Å². The Morgan fingerprint density at radius 2 is 1.76 bits per heavy atom. The molecule has 3 heteroatoms. The van der Waals surface area contributed by atoms with Crippen LogP contribution in [0.2, 0.25) is 0 Å². The van der Waals surface area contributed by atoms with Crippen molar-refractivity contribution >= 4 is 0 Å². The molecule has 1 atom stereocenters. The first kappa shape index (κ1) is 13.3. The molecule has 0 aromatic rings. The fraction of sp³-hybridized carbons (Fsp3) is 1.00. The van der Waals surface area contributed by atoms with Crippen molar-refractivity contribution in [3.63, 3.8) is 0 Å². The number of hydrogen-bond donors (Lipinski definition) is 1. The molecule has 2 fully saturated rings. The monoisotopic (exact) mass is 240 g/mol. The summed E-state index contributed by atoms with van der Waals surface area (Å²) in [5.74, 6) is 0.923. The highest BCUT2D eigenvalue weighted by Crippen LogP contribution is 2.18. The zero-order valence-corrected chi connectivity index (χ0v) is 11.3. The Morgan fingerprint density at radius 3 is 2.47 bits per heavy atom. The maximum absolute atomic E-state index is 9.38. The maximum atomic E-state index is 9.38. The molecule has 2 saturated heterocycles. The highest BCUT2D eigenvalue weighted by Gasteiger charge is 2.22. The van der Waals surface area contributed by atoms with E-state index in [4.69, 9.17) is 0 Å². The normalized spacial score (nSPS) is 29.6. The third-order valence-electron chi connectivity index (χ3n) is 4.54. The van der Waals surface area contributed by atoms with E-state index in [1.54, 1.807) is 0 Å². The quantitative estimate of drug-likeness (QED) is 0.808. The van der Waals surface area contributed by atoms with Gasteiger partial charge in [0.1, 0.15) is 0 Å². The Labute approximate surface area is 106 Å².